The van der Waals surface area contributed by atoms with Crippen molar-refractivity contribution in [1.29, 1.82) is 0 Å². The van der Waals surface area contributed by atoms with Crippen molar-refractivity contribution >= 4 is 17.8 Å². The Morgan fingerprint density at radius 3 is 2.44 bits per heavy atom. The van der Waals surface area contributed by atoms with E-state index in [1.807, 2.05) is 15.9 Å². The van der Waals surface area contributed by atoms with E-state index in [2.05, 4.69) is 46.7 Å². The summed E-state index contributed by atoms with van der Waals surface area (Å²) >= 11 is 0. The summed E-state index contributed by atoms with van der Waals surface area (Å²) in [6, 6.07) is 10.0. The standard InChI is InChI=1S/C28H43N5O3/c1-2-17-33-25(34)24(12-6-7-16-29-27(36)32-18-8-9-19-32)30-26(35)28(33)14-21-31(22-15-28)20-13-23-10-4-3-5-11-23/h3-5,10-11,24H,2,6-9,12-22H2,1H3,(H,29,36)(H,30,35)/t24-/m0/s1. The third-order valence-corrected chi connectivity index (χ3v) is 8.09. The zero-order valence-electron chi connectivity index (χ0n) is 21.8. The molecule has 4 rings (SSSR count). The maximum Gasteiger partial charge on any atom is 0.317 e. The molecule has 1 atom stereocenters. The molecule has 4 amide bonds. The average molecular weight is 498 g/mol. The highest BCUT2D eigenvalue weighted by Crippen LogP contribution is 2.34. The lowest BCUT2D eigenvalue weighted by atomic mass is 9.81. The van der Waals surface area contributed by atoms with Crippen LogP contribution in [-0.4, -0.2) is 89.9 Å². The van der Waals surface area contributed by atoms with Crippen molar-refractivity contribution in [3.8, 4) is 0 Å². The van der Waals surface area contributed by atoms with Crippen LogP contribution in [0.15, 0.2) is 30.3 Å². The first-order chi connectivity index (χ1) is 17.5. The molecule has 3 aliphatic rings. The van der Waals surface area contributed by atoms with Gasteiger partial charge in [-0.25, -0.2) is 4.79 Å². The fourth-order valence-electron chi connectivity index (χ4n) is 5.90. The Morgan fingerprint density at radius 2 is 1.75 bits per heavy atom. The number of unbranched alkanes of at least 4 members (excludes halogenated alkanes) is 1. The van der Waals surface area contributed by atoms with Gasteiger partial charge in [-0.3, -0.25) is 9.59 Å². The molecule has 1 aromatic rings. The second-order valence-electron chi connectivity index (χ2n) is 10.5. The number of carbonyl (C=O) groups is 3. The number of hydrogen-bond donors (Lipinski definition) is 2. The smallest absolute Gasteiger partial charge is 0.317 e. The minimum atomic E-state index is -0.712. The SMILES string of the molecule is CCCN1C(=O)[C@H](CCCCNC(=O)N2CCCC2)NC(=O)C12CCN(CCc1ccccc1)CC2. The summed E-state index contributed by atoms with van der Waals surface area (Å²) in [5, 5.41) is 6.07. The van der Waals surface area contributed by atoms with Gasteiger partial charge in [-0.2, -0.15) is 0 Å². The molecular formula is C28H43N5O3. The van der Waals surface area contributed by atoms with Gasteiger partial charge in [-0.15, -0.1) is 0 Å². The van der Waals surface area contributed by atoms with E-state index in [0.717, 1.165) is 71.2 Å². The van der Waals surface area contributed by atoms with Gasteiger partial charge < -0.3 is 25.3 Å². The molecule has 1 aromatic carbocycles. The van der Waals surface area contributed by atoms with E-state index in [1.54, 1.807) is 0 Å². The molecule has 3 saturated heterocycles. The second-order valence-corrected chi connectivity index (χ2v) is 10.5. The lowest BCUT2D eigenvalue weighted by Gasteiger charge is -2.51. The van der Waals surface area contributed by atoms with Crippen LogP contribution in [0.4, 0.5) is 4.79 Å². The van der Waals surface area contributed by atoms with Crippen molar-refractivity contribution in [2.45, 2.75) is 76.3 Å². The number of nitrogens with one attached hydrogen (secondary N) is 2. The Morgan fingerprint density at radius 1 is 1.03 bits per heavy atom. The fourth-order valence-corrected chi connectivity index (χ4v) is 5.90. The molecule has 0 saturated carbocycles. The Kier molecular flexibility index (Phi) is 9.24. The van der Waals surface area contributed by atoms with Gasteiger partial charge in [0.05, 0.1) is 0 Å². The highest BCUT2D eigenvalue weighted by Gasteiger charge is 2.52. The lowest BCUT2D eigenvalue weighted by molar-refractivity contribution is -0.161. The molecule has 0 aliphatic carbocycles. The van der Waals surface area contributed by atoms with E-state index in [4.69, 9.17) is 0 Å². The molecular weight excluding hydrogens is 454 g/mol. The van der Waals surface area contributed by atoms with Gasteiger partial charge in [-0.05, 0) is 63.4 Å². The molecule has 2 N–H and O–H groups in total. The molecule has 36 heavy (non-hydrogen) atoms. The largest absolute Gasteiger partial charge is 0.342 e. The molecule has 0 aromatic heterocycles. The first-order valence-corrected chi connectivity index (χ1v) is 13.9. The monoisotopic (exact) mass is 497 g/mol. The number of benzene rings is 1. The highest BCUT2D eigenvalue weighted by molar-refractivity contribution is 6.00. The summed E-state index contributed by atoms with van der Waals surface area (Å²) in [6.07, 6.45) is 7.58. The third kappa shape index (κ3) is 6.20. The van der Waals surface area contributed by atoms with E-state index >= 15 is 0 Å². The molecule has 8 heteroatoms. The maximum absolute atomic E-state index is 13.5. The molecule has 198 valence electrons. The maximum atomic E-state index is 13.5. The predicted molar refractivity (Wildman–Crippen MR) is 141 cm³/mol. The van der Waals surface area contributed by atoms with Crippen molar-refractivity contribution in [3.05, 3.63) is 35.9 Å². The minimum Gasteiger partial charge on any atom is -0.342 e. The summed E-state index contributed by atoms with van der Waals surface area (Å²) in [5.74, 6) is 0.0842. The van der Waals surface area contributed by atoms with Gasteiger partial charge in [0.15, 0.2) is 0 Å². The molecule has 1 spiro atoms. The molecule has 8 nitrogen and oxygen atoms in total. The van der Waals surface area contributed by atoms with Crippen LogP contribution in [0.2, 0.25) is 0 Å². The number of rotatable bonds is 10. The van der Waals surface area contributed by atoms with E-state index in [-0.39, 0.29) is 17.8 Å². The Labute approximate surface area is 215 Å². The molecule has 0 radical (unpaired) electrons. The molecule has 3 fully saturated rings. The quantitative estimate of drug-likeness (QED) is 0.487. The second kappa shape index (κ2) is 12.6. The molecule has 0 bridgehead atoms. The average Bonchev–Trinajstić information content (AvgIpc) is 3.45. The van der Waals surface area contributed by atoms with E-state index < -0.39 is 11.6 Å². The van der Waals surface area contributed by atoms with Gasteiger partial charge >= 0.3 is 6.03 Å². The van der Waals surface area contributed by atoms with Crippen LogP contribution in [0.5, 0.6) is 0 Å². The van der Waals surface area contributed by atoms with E-state index in [1.165, 1.54) is 5.56 Å². The normalized spacial score (nSPS) is 22.2. The molecule has 3 heterocycles. The summed E-state index contributed by atoms with van der Waals surface area (Å²) < 4.78 is 0. The summed E-state index contributed by atoms with van der Waals surface area (Å²) in [4.78, 5) is 45.2. The number of likely N-dealkylation sites (tertiary alicyclic amines) is 2. The third-order valence-electron chi connectivity index (χ3n) is 8.09. The van der Waals surface area contributed by atoms with Crippen molar-refractivity contribution in [3.63, 3.8) is 0 Å². The first kappa shape index (κ1) is 26.5. The minimum absolute atomic E-state index is 0.0146. The number of urea groups is 1. The van der Waals surface area contributed by atoms with Crippen LogP contribution < -0.4 is 10.6 Å². The van der Waals surface area contributed by atoms with Crippen LogP contribution in [0.3, 0.4) is 0 Å². The number of carbonyl (C=O) groups excluding carboxylic acids is 3. The van der Waals surface area contributed by atoms with Gasteiger partial charge in [0.1, 0.15) is 11.6 Å². The fraction of sp³-hybridized carbons (Fsp3) is 0.679. The van der Waals surface area contributed by atoms with Crippen molar-refractivity contribution < 1.29 is 14.4 Å². The lowest BCUT2D eigenvalue weighted by Crippen LogP contribution is -2.72. The molecule has 3 aliphatic heterocycles. The highest BCUT2D eigenvalue weighted by atomic mass is 16.2. The van der Waals surface area contributed by atoms with Crippen LogP contribution in [0.25, 0.3) is 0 Å². The first-order valence-electron chi connectivity index (χ1n) is 13.9. The number of piperidine rings is 1. The number of hydrogen-bond acceptors (Lipinski definition) is 4. The van der Waals surface area contributed by atoms with Crippen LogP contribution in [-0.2, 0) is 16.0 Å². The van der Waals surface area contributed by atoms with Crippen molar-refractivity contribution in [2.75, 3.05) is 45.8 Å². The zero-order valence-corrected chi connectivity index (χ0v) is 21.8. The van der Waals surface area contributed by atoms with Crippen LogP contribution >= 0.6 is 0 Å². The summed E-state index contributed by atoms with van der Waals surface area (Å²) in [5.41, 5.74) is 0.616. The van der Waals surface area contributed by atoms with Gasteiger partial charge in [0.2, 0.25) is 11.8 Å². The number of piperazine rings is 1. The molecule has 0 unspecified atom stereocenters. The van der Waals surface area contributed by atoms with E-state index in [0.29, 0.717) is 32.4 Å². The van der Waals surface area contributed by atoms with Gasteiger partial charge in [0, 0.05) is 45.8 Å². The van der Waals surface area contributed by atoms with Crippen LogP contribution in [0, 0.1) is 0 Å². The number of nitrogens with zero attached hydrogens (tertiary/aromatic N) is 3. The van der Waals surface area contributed by atoms with Gasteiger partial charge in [-0.1, -0.05) is 37.3 Å². The van der Waals surface area contributed by atoms with E-state index in [9.17, 15) is 14.4 Å². The predicted octanol–water partition coefficient (Wildman–Crippen LogP) is 2.78. The van der Waals surface area contributed by atoms with Gasteiger partial charge in [0.25, 0.3) is 0 Å². The van der Waals surface area contributed by atoms with Crippen LogP contribution in [0.1, 0.15) is 63.9 Å². The Hall–Kier alpha value is -2.61. The van der Waals surface area contributed by atoms with Crippen molar-refractivity contribution in [2.24, 2.45) is 0 Å². The topological polar surface area (TPSA) is 85.0 Å². The summed E-state index contributed by atoms with van der Waals surface area (Å²) in [6.45, 7) is 7.61. The summed E-state index contributed by atoms with van der Waals surface area (Å²) in [7, 11) is 0. The Balaban J connectivity index is 1.25. The number of amides is 4. The Bertz CT molecular complexity index is 878. The zero-order chi connectivity index (χ0) is 25.4. The van der Waals surface area contributed by atoms with Crippen molar-refractivity contribution in [1.82, 2.24) is 25.3 Å².